The van der Waals surface area contributed by atoms with Crippen LogP contribution in [0.4, 0.5) is 14.5 Å². The van der Waals surface area contributed by atoms with Crippen LogP contribution in [0.1, 0.15) is 15.9 Å². The third-order valence-electron chi connectivity index (χ3n) is 4.58. The van der Waals surface area contributed by atoms with Gasteiger partial charge >= 0.3 is 0 Å². The number of benzene rings is 2. The Kier molecular flexibility index (Phi) is 5.96. The Balaban J connectivity index is 1.60. The van der Waals surface area contributed by atoms with Gasteiger partial charge in [-0.25, -0.2) is 8.78 Å². The summed E-state index contributed by atoms with van der Waals surface area (Å²) in [5, 5.41) is 11.0. The minimum absolute atomic E-state index is 0.0416. The molecule has 3 rings (SSSR count). The Morgan fingerprint density at radius 2 is 1.62 bits per heavy atom. The summed E-state index contributed by atoms with van der Waals surface area (Å²) < 4.78 is 26.4. The van der Waals surface area contributed by atoms with Crippen LogP contribution in [-0.4, -0.2) is 52.7 Å². The summed E-state index contributed by atoms with van der Waals surface area (Å²) in [5.41, 5.74) is 0.261. The van der Waals surface area contributed by atoms with Crippen molar-refractivity contribution in [2.75, 3.05) is 26.2 Å². The minimum atomic E-state index is -1.09. The molecule has 29 heavy (non-hydrogen) atoms. The third kappa shape index (κ3) is 4.63. The average Bonchev–Trinajstić information content (AvgIpc) is 2.73. The Bertz CT molecular complexity index is 985. The molecule has 2 aromatic carbocycles. The molecule has 2 amide bonds. The minimum Gasteiger partial charge on any atom is -0.336 e. The Labute approximate surface area is 165 Å². The van der Waals surface area contributed by atoms with Gasteiger partial charge in [0, 0.05) is 43.9 Å². The monoisotopic (exact) mass is 401 g/mol. The highest BCUT2D eigenvalue weighted by Crippen LogP contribution is 2.19. The maximum atomic E-state index is 13.3. The van der Waals surface area contributed by atoms with Gasteiger partial charge in [0.1, 0.15) is 0 Å². The van der Waals surface area contributed by atoms with E-state index in [1.54, 1.807) is 18.2 Å². The molecule has 0 bridgehead atoms. The molecule has 0 aromatic heterocycles. The lowest BCUT2D eigenvalue weighted by molar-refractivity contribution is -0.385. The van der Waals surface area contributed by atoms with Crippen molar-refractivity contribution < 1.29 is 23.3 Å². The second-order valence-corrected chi connectivity index (χ2v) is 6.40. The Morgan fingerprint density at radius 3 is 2.28 bits per heavy atom. The van der Waals surface area contributed by atoms with Crippen molar-refractivity contribution in [1.82, 2.24) is 9.80 Å². The van der Waals surface area contributed by atoms with Crippen LogP contribution in [0.3, 0.4) is 0 Å². The number of nitrogens with zero attached hydrogens (tertiary/aromatic N) is 3. The second-order valence-electron chi connectivity index (χ2n) is 6.40. The van der Waals surface area contributed by atoms with Crippen molar-refractivity contribution in [3.8, 4) is 0 Å². The van der Waals surface area contributed by atoms with Gasteiger partial charge in [0.25, 0.3) is 11.6 Å². The summed E-state index contributed by atoms with van der Waals surface area (Å²) in [5.74, 6) is -2.89. The SMILES string of the molecule is O=C(/C=C/c1ccccc1[N+](=O)[O-])N1CCN(C(=O)c2ccc(F)c(F)c2)CC1. The number of rotatable bonds is 4. The van der Waals surface area contributed by atoms with Gasteiger partial charge in [0.05, 0.1) is 10.5 Å². The van der Waals surface area contributed by atoms with Crippen LogP contribution >= 0.6 is 0 Å². The number of carbonyl (C=O) groups is 2. The van der Waals surface area contributed by atoms with Crippen molar-refractivity contribution in [1.29, 1.82) is 0 Å². The molecule has 9 heteroatoms. The van der Waals surface area contributed by atoms with Crippen molar-refractivity contribution in [2.45, 2.75) is 0 Å². The lowest BCUT2D eigenvalue weighted by Gasteiger charge is -2.34. The van der Waals surface area contributed by atoms with Crippen LogP contribution in [0.15, 0.2) is 48.5 Å². The van der Waals surface area contributed by atoms with Crippen molar-refractivity contribution in [3.05, 3.63) is 81.4 Å². The molecule has 0 aliphatic carbocycles. The van der Waals surface area contributed by atoms with E-state index in [-0.39, 0.29) is 43.3 Å². The fourth-order valence-electron chi connectivity index (χ4n) is 3.00. The number of halogens is 2. The number of para-hydroxylation sites is 1. The molecule has 0 N–H and O–H groups in total. The lowest BCUT2D eigenvalue weighted by Crippen LogP contribution is -2.50. The predicted molar refractivity (Wildman–Crippen MR) is 101 cm³/mol. The first-order chi connectivity index (χ1) is 13.9. The molecule has 0 spiro atoms. The van der Waals surface area contributed by atoms with Gasteiger partial charge in [-0.2, -0.15) is 0 Å². The molecule has 0 unspecified atom stereocenters. The van der Waals surface area contributed by atoms with E-state index >= 15 is 0 Å². The fourth-order valence-corrected chi connectivity index (χ4v) is 3.00. The summed E-state index contributed by atoms with van der Waals surface area (Å²) in [7, 11) is 0. The molecule has 0 saturated carbocycles. The molecule has 2 aromatic rings. The maximum absolute atomic E-state index is 13.3. The zero-order chi connectivity index (χ0) is 21.0. The first kappa shape index (κ1) is 20.1. The van der Waals surface area contributed by atoms with Gasteiger partial charge in [-0.1, -0.05) is 12.1 Å². The van der Waals surface area contributed by atoms with E-state index in [1.807, 2.05) is 0 Å². The highest BCUT2D eigenvalue weighted by atomic mass is 19.2. The van der Waals surface area contributed by atoms with Crippen LogP contribution in [-0.2, 0) is 4.79 Å². The molecule has 1 saturated heterocycles. The van der Waals surface area contributed by atoms with Crippen molar-refractivity contribution in [2.24, 2.45) is 0 Å². The maximum Gasteiger partial charge on any atom is 0.276 e. The number of hydrogen-bond donors (Lipinski definition) is 0. The Hall–Kier alpha value is -3.62. The quantitative estimate of drug-likeness (QED) is 0.448. The molecule has 1 aliphatic heterocycles. The van der Waals surface area contributed by atoms with Crippen molar-refractivity contribution >= 4 is 23.6 Å². The zero-order valence-corrected chi connectivity index (χ0v) is 15.3. The van der Waals surface area contributed by atoms with Crippen LogP contribution in [0.25, 0.3) is 6.08 Å². The summed E-state index contributed by atoms with van der Waals surface area (Å²) in [6.45, 7) is 0.997. The van der Waals surface area contributed by atoms with Crippen LogP contribution in [0.2, 0.25) is 0 Å². The van der Waals surface area contributed by atoms with E-state index < -0.39 is 22.5 Å². The van der Waals surface area contributed by atoms with Crippen LogP contribution in [0, 0.1) is 21.7 Å². The van der Waals surface area contributed by atoms with E-state index in [0.717, 1.165) is 12.1 Å². The second kappa shape index (κ2) is 8.59. The average molecular weight is 401 g/mol. The molecule has 150 valence electrons. The van der Waals surface area contributed by atoms with E-state index in [4.69, 9.17) is 0 Å². The van der Waals surface area contributed by atoms with Crippen LogP contribution < -0.4 is 0 Å². The number of nitro groups is 1. The summed E-state index contributed by atoms with van der Waals surface area (Å²) in [6.07, 6.45) is 2.65. The lowest BCUT2D eigenvalue weighted by atomic mass is 10.1. The largest absolute Gasteiger partial charge is 0.336 e. The fraction of sp³-hybridized carbons (Fsp3) is 0.200. The molecular weight excluding hydrogens is 384 g/mol. The summed E-state index contributed by atoms with van der Waals surface area (Å²) in [4.78, 5) is 38.2. The van der Waals surface area contributed by atoms with E-state index in [9.17, 15) is 28.5 Å². The number of nitro benzene ring substituents is 1. The zero-order valence-electron chi connectivity index (χ0n) is 15.3. The third-order valence-corrected chi connectivity index (χ3v) is 4.58. The molecule has 1 aliphatic rings. The first-order valence-electron chi connectivity index (χ1n) is 8.81. The van der Waals surface area contributed by atoms with Gasteiger partial charge in [0.15, 0.2) is 11.6 Å². The van der Waals surface area contributed by atoms with Gasteiger partial charge in [-0.3, -0.25) is 19.7 Å². The van der Waals surface area contributed by atoms with E-state index in [0.29, 0.717) is 5.56 Å². The topological polar surface area (TPSA) is 83.8 Å². The molecule has 0 radical (unpaired) electrons. The van der Waals surface area contributed by atoms with Crippen molar-refractivity contribution in [3.63, 3.8) is 0 Å². The van der Waals surface area contributed by atoms with Gasteiger partial charge in [0.2, 0.25) is 5.91 Å². The Morgan fingerprint density at radius 1 is 0.966 bits per heavy atom. The summed E-state index contributed by atoms with van der Waals surface area (Å²) in [6, 6.07) is 9.04. The standard InChI is InChI=1S/C20H17F2N3O4/c21-16-7-5-15(13-17(16)22)20(27)24-11-9-23(10-12-24)19(26)8-6-14-3-1-2-4-18(14)25(28)29/h1-8,13H,9-12H2/b8-6+. The number of hydrogen-bond acceptors (Lipinski definition) is 4. The predicted octanol–water partition coefficient (Wildman–Crippen LogP) is 2.87. The number of piperazine rings is 1. The first-order valence-corrected chi connectivity index (χ1v) is 8.81. The number of amides is 2. The highest BCUT2D eigenvalue weighted by molar-refractivity contribution is 5.95. The highest BCUT2D eigenvalue weighted by Gasteiger charge is 2.24. The van der Waals surface area contributed by atoms with E-state index in [1.165, 1.54) is 34.1 Å². The summed E-state index contributed by atoms with van der Waals surface area (Å²) >= 11 is 0. The molecule has 7 nitrogen and oxygen atoms in total. The van der Waals surface area contributed by atoms with Gasteiger partial charge in [-0.15, -0.1) is 0 Å². The molecule has 0 atom stereocenters. The van der Waals surface area contributed by atoms with E-state index in [2.05, 4.69) is 0 Å². The smallest absolute Gasteiger partial charge is 0.276 e. The van der Waals surface area contributed by atoms with Gasteiger partial charge < -0.3 is 9.80 Å². The molecule has 1 fully saturated rings. The van der Waals surface area contributed by atoms with Crippen LogP contribution in [0.5, 0.6) is 0 Å². The van der Waals surface area contributed by atoms with Gasteiger partial charge in [-0.05, 0) is 30.3 Å². The normalized spacial score (nSPS) is 14.3. The number of carbonyl (C=O) groups excluding carboxylic acids is 2. The molecule has 1 heterocycles. The molecular formula is C20H17F2N3O4.